The lowest BCUT2D eigenvalue weighted by molar-refractivity contribution is -0.135. The highest BCUT2D eigenvalue weighted by molar-refractivity contribution is 6.03. The Morgan fingerprint density at radius 3 is 2.13 bits per heavy atom. The van der Waals surface area contributed by atoms with E-state index in [-0.39, 0.29) is 29.8 Å². The van der Waals surface area contributed by atoms with Crippen LogP contribution in [0.15, 0.2) is 65.9 Å². The smallest absolute Gasteiger partial charge is 0.407 e. The van der Waals surface area contributed by atoms with Crippen LogP contribution in [0.5, 0.6) is 0 Å². The molecule has 0 unspecified atom stereocenters. The third-order valence-corrected chi connectivity index (χ3v) is 9.42. The Kier molecular flexibility index (Phi) is 9.05. The van der Waals surface area contributed by atoms with Crippen LogP contribution in [0.1, 0.15) is 70.3 Å². The Hall–Kier alpha value is -4.73. The van der Waals surface area contributed by atoms with E-state index < -0.39 is 12.1 Å². The van der Waals surface area contributed by atoms with Crippen molar-refractivity contribution in [2.45, 2.75) is 71.0 Å². The van der Waals surface area contributed by atoms with Crippen molar-refractivity contribution in [3.05, 3.63) is 72.3 Å². The molecule has 46 heavy (non-hydrogen) atoms. The van der Waals surface area contributed by atoms with Gasteiger partial charge in [0.1, 0.15) is 11.9 Å². The van der Waals surface area contributed by atoms with E-state index in [1.165, 1.54) is 12.7 Å². The van der Waals surface area contributed by atoms with Crippen molar-refractivity contribution in [1.29, 1.82) is 0 Å². The fraction of sp³-hybridized carbons (Fsp3) is 0.417. The Bertz CT molecular complexity index is 1660. The number of hydrogen-bond donors (Lipinski definition) is 2. The Labute approximate surface area is 269 Å². The number of likely N-dealkylation sites (tertiary alicyclic amines) is 2. The third kappa shape index (κ3) is 6.34. The van der Waals surface area contributed by atoms with Crippen LogP contribution in [0.25, 0.3) is 28.0 Å². The van der Waals surface area contributed by atoms with Gasteiger partial charge in [0.05, 0.1) is 31.1 Å². The summed E-state index contributed by atoms with van der Waals surface area (Å²) in [6, 6.07) is 16.2. The highest BCUT2D eigenvalue weighted by Crippen LogP contribution is 2.34. The lowest BCUT2D eigenvalue weighted by atomic mass is 9.96. The number of carbonyl (C=O) groups is 3. The number of aromatic nitrogens is 2. The van der Waals surface area contributed by atoms with Crippen molar-refractivity contribution in [3.8, 4) is 22.4 Å². The van der Waals surface area contributed by atoms with E-state index in [9.17, 15) is 14.4 Å². The summed E-state index contributed by atoms with van der Waals surface area (Å²) < 4.78 is 4.74. The molecule has 1 aromatic heterocycles. The topological polar surface area (TPSA) is 120 Å². The summed E-state index contributed by atoms with van der Waals surface area (Å²) >= 11 is 0. The number of alkyl carbamates (subject to hydrolysis) is 1. The molecule has 10 nitrogen and oxygen atoms in total. The highest BCUT2D eigenvalue weighted by Gasteiger charge is 2.37. The van der Waals surface area contributed by atoms with E-state index in [2.05, 4.69) is 63.8 Å². The average molecular weight is 623 g/mol. The summed E-state index contributed by atoms with van der Waals surface area (Å²) in [6.07, 6.45) is 7.64. The van der Waals surface area contributed by atoms with Gasteiger partial charge in [0.15, 0.2) is 0 Å². The lowest BCUT2D eigenvalue weighted by Crippen LogP contribution is -2.51. The zero-order valence-electron chi connectivity index (χ0n) is 27.0. The number of amides is 3. The predicted octanol–water partition coefficient (Wildman–Crippen LogP) is 5.98. The zero-order valence-corrected chi connectivity index (χ0v) is 27.0. The van der Waals surface area contributed by atoms with Crippen molar-refractivity contribution >= 4 is 29.2 Å². The fourth-order valence-corrected chi connectivity index (χ4v) is 6.88. The first-order valence-electron chi connectivity index (χ1n) is 16.2. The molecule has 0 bridgehead atoms. The number of imidazole rings is 1. The minimum Gasteiger partial charge on any atom is -0.453 e. The van der Waals surface area contributed by atoms with Gasteiger partial charge >= 0.3 is 6.09 Å². The van der Waals surface area contributed by atoms with E-state index >= 15 is 0 Å². The molecular weight excluding hydrogens is 580 g/mol. The molecule has 2 N–H and O–H groups in total. The Balaban J connectivity index is 1.10. The number of hydrogen-bond acceptors (Lipinski definition) is 6. The van der Waals surface area contributed by atoms with Crippen LogP contribution in [-0.4, -0.2) is 75.7 Å². The summed E-state index contributed by atoms with van der Waals surface area (Å²) in [6.45, 7) is 6.90. The van der Waals surface area contributed by atoms with Crippen LogP contribution >= 0.6 is 0 Å². The zero-order chi connectivity index (χ0) is 32.4. The van der Waals surface area contributed by atoms with Gasteiger partial charge in [-0.25, -0.2) is 9.78 Å². The molecule has 3 aromatic rings. The van der Waals surface area contributed by atoms with Gasteiger partial charge in [0.2, 0.25) is 11.8 Å². The second-order valence-corrected chi connectivity index (χ2v) is 12.7. The average Bonchev–Trinajstić information content (AvgIpc) is 3.89. The first-order valence-corrected chi connectivity index (χ1v) is 16.2. The fourth-order valence-electron chi connectivity index (χ4n) is 6.88. The molecule has 0 radical (unpaired) electrons. The van der Waals surface area contributed by atoms with E-state index in [1.807, 2.05) is 36.0 Å². The molecule has 240 valence electrons. The first kappa shape index (κ1) is 31.3. The van der Waals surface area contributed by atoms with Crippen LogP contribution in [0.4, 0.5) is 4.79 Å². The maximum absolute atomic E-state index is 13.5. The first-order chi connectivity index (χ1) is 22.2. The van der Waals surface area contributed by atoms with Gasteiger partial charge in [0, 0.05) is 38.3 Å². The molecule has 0 spiro atoms. The van der Waals surface area contributed by atoms with Gasteiger partial charge in [-0.15, -0.1) is 0 Å². The molecule has 6 rings (SSSR count). The second kappa shape index (κ2) is 13.3. The van der Waals surface area contributed by atoms with Crippen LogP contribution in [0.2, 0.25) is 0 Å². The number of aliphatic imine (C=N–C) groups is 1. The van der Waals surface area contributed by atoms with Crippen LogP contribution < -0.4 is 5.32 Å². The predicted molar refractivity (Wildman–Crippen MR) is 178 cm³/mol. The maximum Gasteiger partial charge on any atom is 0.407 e. The molecule has 0 saturated carbocycles. The molecule has 10 heteroatoms. The lowest BCUT2D eigenvalue weighted by Gasteiger charge is -2.30. The molecule has 0 aliphatic carbocycles. The summed E-state index contributed by atoms with van der Waals surface area (Å²) in [5.74, 6) is 0.664. The van der Waals surface area contributed by atoms with E-state index in [1.54, 1.807) is 6.92 Å². The summed E-state index contributed by atoms with van der Waals surface area (Å²) in [4.78, 5) is 54.0. The summed E-state index contributed by atoms with van der Waals surface area (Å²) in [5.41, 5.74) is 7.56. The number of aromatic amines is 1. The maximum atomic E-state index is 13.5. The molecule has 2 aromatic carbocycles. The van der Waals surface area contributed by atoms with E-state index in [0.717, 1.165) is 78.1 Å². The molecule has 2 fully saturated rings. The SMILES string of the molecule is COC(=O)N[C@H](C(=O)N1CCC[C@H]1c1ncc(-c2ccc(-c3ccc(C4=CN=C([C@@H]5CCCN5C(C)=O)C4)cc3)cc2)[nH]1)C(C)C. The van der Waals surface area contributed by atoms with Crippen molar-refractivity contribution in [2.24, 2.45) is 10.9 Å². The molecule has 3 amide bonds. The largest absolute Gasteiger partial charge is 0.453 e. The van der Waals surface area contributed by atoms with Crippen LogP contribution in [0.3, 0.4) is 0 Å². The van der Waals surface area contributed by atoms with E-state index in [0.29, 0.717) is 6.54 Å². The quantitative estimate of drug-likeness (QED) is 0.320. The molecular formula is C36H42N6O4. The number of carbonyl (C=O) groups excluding carboxylic acids is 3. The van der Waals surface area contributed by atoms with Gasteiger partial charge in [-0.3, -0.25) is 14.6 Å². The number of allylic oxidation sites excluding steroid dienone is 1. The number of H-pyrrole nitrogens is 1. The van der Waals surface area contributed by atoms with Crippen molar-refractivity contribution < 1.29 is 19.1 Å². The van der Waals surface area contributed by atoms with Crippen LogP contribution in [0, 0.1) is 5.92 Å². The van der Waals surface area contributed by atoms with Crippen molar-refractivity contribution in [3.63, 3.8) is 0 Å². The minimum absolute atomic E-state index is 0.0851. The van der Waals surface area contributed by atoms with E-state index in [4.69, 9.17) is 9.73 Å². The number of nitrogens with one attached hydrogen (secondary N) is 2. The minimum atomic E-state index is -0.666. The van der Waals surface area contributed by atoms with Crippen LogP contribution in [-0.2, 0) is 14.3 Å². The number of benzene rings is 2. The number of rotatable bonds is 8. The number of nitrogens with zero attached hydrogens (tertiary/aromatic N) is 4. The van der Waals surface area contributed by atoms with Gasteiger partial charge in [-0.1, -0.05) is 62.4 Å². The van der Waals surface area contributed by atoms with Gasteiger partial charge in [0.25, 0.3) is 0 Å². The Morgan fingerprint density at radius 1 is 0.891 bits per heavy atom. The normalized spacial score (nSPS) is 20.1. The number of methoxy groups -OCH3 is 1. The molecule has 3 atom stereocenters. The monoisotopic (exact) mass is 622 g/mol. The van der Waals surface area contributed by atoms with Gasteiger partial charge < -0.3 is 24.8 Å². The number of ether oxygens (including phenoxy) is 1. The summed E-state index contributed by atoms with van der Waals surface area (Å²) in [7, 11) is 1.30. The van der Waals surface area contributed by atoms with Crippen molar-refractivity contribution in [2.75, 3.05) is 20.2 Å². The third-order valence-electron chi connectivity index (χ3n) is 9.42. The van der Waals surface area contributed by atoms with Gasteiger partial charge in [-0.2, -0.15) is 0 Å². The van der Waals surface area contributed by atoms with Gasteiger partial charge in [-0.05, 0) is 59.4 Å². The molecule has 4 heterocycles. The molecule has 2 saturated heterocycles. The molecule has 3 aliphatic rings. The second-order valence-electron chi connectivity index (χ2n) is 12.7. The standard InChI is InChI=1S/C36H42N6O4/c1-22(2)33(40-36(45)46-4)35(44)42-18-6-8-32(42)34-38-21-30(39-34)27-15-13-25(14-16-27)24-9-11-26(12-10-24)28-19-29(37-20-28)31-7-5-17-41(31)23(3)43/h9-16,20-22,31-33H,5-8,17-19H2,1-4H3,(H,38,39)(H,40,45)/t31-,32-,33-/m0/s1. The van der Waals surface area contributed by atoms with Crippen molar-refractivity contribution in [1.82, 2.24) is 25.1 Å². The Morgan fingerprint density at radius 2 is 1.50 bits per heavy atom. The summed E-state index contributed by atoms with van der Waals surface area (Å²) in [5, 5.41) is 2.70. The highest BCUT2D eigenvalue weighted by atomic mass is 16.5. The molecule has 3 aliphatic heterocycles.